The summed E-state index contributed by atoms with van der Waals surface area (Å²) in [5, 5.41) is 10.2. The highest BCUT2D eigenvalue weighted by Crippen LogP contribution is 2.15. The molecule has 21 heavy (non-hydrogen) atoms. The van der Waals surface area contributed by atoms with Crippen LogP contribution in [0.4, 0.5) is 4.79 Å². The molecule has 0 radical (unpaired) electrons. The third kappa shape index (κ3) is 5.23. The molecule has 0 spiro atoms. The predicted molar refractivity (Wildman–Crippen MR) is 80.8 cm³/mol. The van der Waals surface area contributed by atoms with E-state index in [9.17, 15) is 4.79 Å². The monoisotopic (exact) mass is 292 g/mol. The number of carbonyl (C=O) groups is 1. The molecule has 6 nitrogen and oxygen atoms in total. The summed E-state index contributed by atoms with van der Waals surface area (Å²) in [4.78, 5) is 13.7. The Kier molecular flexibility index (Phi) is 5.01. The normalized spacial score (nSPS) is 15.8. The lowest BCUT2D eigenvalue weighted by Crippen LogP contribution is -2.39. The summed E-state index contributed by atoms with van der Waals surface area (Å²) in [5.41, 5.74) is 1.96. The smallest absolute Gasteiger partial charge is 0.410 e. The van der Waals surface area contributed by atoms with Crippen molar-refractivity contribution in [1.29, 1.82) is 0 Å². The second-order valence-electron chi connectivity index (χ2n) is 6.22. The van der Waals surface area contributed by atoms with E-state index in [1.165, 1.54) is 5.57 Å². The van der Waals surface area contributed by atoms with Crippen molar-refractivity contribution in [2.75, 3.05) is 19.6 Å². The lowest BCUT2D eigenvalue weighted by Gasteiger charge is -2.29. The molecule has 0 fully saturated rings. The second-order valence-corrected chi connectivity index (χ2v) is 6.22. The molecule has 0 aromatic carbocycles. The molecule has 1 amide bonds. The van der Waals surface area contributed by atoms with Crippen LogP contribution in [0.2, 0.25) is 0 Å². The Morgan fingerprint density at radius 3 is 2.86 bits per heavy atom. The van der Waals surface area contributed by atoms with E-state index in [2.05, 4.69) is 21.6 Å². The number of rotatable bonds is 4. The molecule has 6 heteroatoms. The van der Waals surface area contributed by atoms with Gasteiger partial charge >= 0.3 is 6.09 Å². The van der Waals surface area contributed by atoms with Crippen molar-refractivity contribution in [1.82, 2.24) is 20.4 Å². The van der Waals surface area contributed by atoms with Gasteiger partial charge in [0.1, 0.15) is 5.60 Å². The number of aromatic nitrogens is 2. The molecule has 0 aliphatic carbocycles. The van der Waals surface area contributed by atoms with Gasteiger partial charge in [0.2, 0.25) is 0 Å². The zero-order chi connectivity index (χ0) is 15.3. The van der Waals surface area contributed by atoms with Crippen molar-refractivity contribution in [2.24, 2.45) is 0 Å². The van der Waals surface area contributed by atoms with E-state index in [4.69, 9.17) is 4.74 Å². The summed E-state index contributed by atoms with van der Waals surface area (Å²) in [5.74, 6) is 0. The Labute approximate surface area is 125 Å². The maximum Gasteiger partial charge on any atom is 0.410 e. The Hall–Kier alpha value is -1.82. The van der Waals surface area contributed by atoms with Crippen LogP contribution in [0.1, 0.15) is 32.9 Å². The number of carbonyl (C=O) groups excluding carboxylic acids is 1. The molecule has 0 unspecified atom stereocenters. The first-order valence-corrected chi connectivity index (χ1v) is 7.29. The predicted octanol–water partition coefficient (Wildman–Crippen LogP) is 2.07. The summed E-state index contributed by atoms with van der Waals surface area (Å²) in [6, 6.07) is 1.95. The number of hydrogen-bond donors (Lipinski definition) is 2. The minimum Gasteiger partial charge on any atom is -0.444 e. The first kappa shape index (κ1) is 15.6. The van der Waals surface area contributed by atoms with Crippen LogP contribution in [0.3, 0.4) is 0 Å². The van der Waals surface area contributed by atoms with E-state index < -0.39 is 5.60 Å². The molecule has 0 bridgehead atoms. The molecule has 1 aromatic heterocycles. The summed E-state index contributed by atoms with van der Waals surface area (Å²) in [6.07, 6.45) is 4.50. The molecule has 2 N–H and O–H groups in total. The third-order valence-corrected chi connectivity index (χ3v) is 3.18. The zero-order valence-corrected chi connectivity index (χ0v) is 13.0. The van der Waals surface area contributed by atoms with Crippen LogP contribution in [-0.4, -0.2) is 46.4 Å². The van der Waals surface area contributed by atoms with Gasteiger partial charge in [0.15, 0.2) is 0 Å². The highest BCUT2D eigenvalue weighted by Gasteiger charge is 2.23. The topological polar surface area (TPSA) is 70.2 Å². The number of amides is 1. The van der Waals surface area contributed by atoms with Crippen LogP contribution >= 0.6 is 0 Å². The Morgan fingerprint density at radius 2 is 2.29 bits per heavy atom. The van der Waals surface area contributed by atoms with E-state index in [1.54, 1.807) is 11.1 Å². The fraction of sp³-hybridized carbons (Fsp3) is 0.600. The van der Waals surface area contributed by atoms with Gasteiger partial charge in [0.05, 0.1) is 0 Å². The molecular formula is C15H24N4O2. The van der Waals surface area contributed by atoms with Crippen LogP contribution in [-0.2, 0) is 11.3 Å². The van der Waals surface area contributed by atoms with Gasteiger partial charge in [0, 0.05) is 38.1 Å². The van der Waals surface area contributed by atoms with Gasteiger partial charge in [-0.1, -0.05) is 11.6 Å². The zero-order valence-electron chi connectivity index (χ0n) is 13.0. The number of H-pyrrole nitrogens is 1. The summed E-state index contributed by atoms with van der Waals surface area (Å²) in [7, 11) is 0. The molecule has 1 aliphatic heterocycles. The van der Waals surface area contributed by atoms with Gasteiger partial charge < -0.3 is 15.0 Å². The minimum atomic E-state index is -0.438. The Morgan fingerprint density at radius 1 is 1.48 bits per heavy atom. The fourth-order valence-electron chi connectivity index (χ4n) is 2.10. The van der Waals surface area contributed by atoms with Gasteiger partial charge in [-0.25, -0.2) is 4.79 Å². The number of hydrogen-bond acceptors (Lipinski definition) is 4. The van der Waals surface area contributed by atoms with Gasteiger partial charge in [-0.05, 0) is 33.3 Å². The van der Waals surface area contributed by atoms with E-state index in [0.29, 0.717) is 13.1 Å². The first-order chi connectivity index (χ1) is 9.94. The molecule has 2 rings (SSSR count). The third-order valence-electron chi connectivity index (χ3n) is 3.18. The van der Waals surface area contributed by atoms with Crippen molar-refractivity contribution >= 4 is 6.09 Å². The van der Waals surface area contributed by atoms with Crippen LogP contribution in [0.15, 0.2) is 23.9 Å². The summed E-state index contributed by atoms with van der Waals surface area (Å²) < 4.78 is 5.37. The molecule has 2 heterocycles. The van der Waals surface area contributed by atoms with Crippen LogP contribution in [0.25, 0.3) is 0 Å². The Bertz CT molecular complexity index is 488. The van der Waals surface area contributed by atoms with E-state index in [0.717, 1.165) is 25.2 Å². The molecule has 0 saturated carbocycles. The van der Waals surface area contributed by atoms with Crippen molar-refractivity contribution in [3.05, 3.63) is 29.6 Å². The van der Waals surface area contributed by atoms with Crippen LogP contribution in [0.5, 0.6) is 0 Å². The number of nitrogens with zero attached hydrogens (tertiary/aromatic N) is 2. The van der Waals surface area contributed by atoms with Crippen molar-refractivity contribution in [2.45, 2.75) is 39.3 Å². The molecule has 1 aliphatic rings. The summed E-state index contributed by atoms with van der Waals surface area (Å²) in [6.45, 7) is 8.59. The first-order valence-electron chi connectivity index (χ1n) is 7.29. The molecule has 0 saturated heterocycles. The van der Waals surface area contributed by atoms with Crippen molar-refractivity contribution in [3.63, 3.8) is 0 Å². The average Bonchev–Trinajstić information content (AvgIpc) is 2.91. The van der Waals surface area contributed by atoms with Crippen LogP contribution in [0, 0.1) is 0 Å². The lowest BCUT2D eigenvalue weighted by atomic mass is 10.1. The maximum atomic E-state index is 11.9. The molecular weight excluding hydrogens is 268 g/mol. The number of aromatic amines is 1. The average molecular weight is 292 g/mol. The lowest BCUT2D eigenvalue weighted by molar-refractivity contribution is 0.0265. The largest absolute Gasteiger partial charge is 0.444 e. The minimum absolute atomic E-state index is 0.233. The van der Waals surface area contributed by atoms with Crippen molar-refractivity contribution < 1.29 is 9.53 Å². The van der Waals surface area contributed by atoms with E-state index in [-0.39, 0.29) is 6.09 Å². The quantitative estimate of drug-likeness (QED) is 0.833. The van der Waals surface area contributed by atoms with Crippen molar-refractivity contribution in [3.8, 4) is 0 Å². The summed E-state index contributed by atoms with van der Waals surface area (Å²) >= 11 is 0. The fourth-order valence-corrected chi connectivity index (χ4v) is 2.10. The van der Waals surface area contributed by atoms with Crippen LogP contribution < -0.4 is 5.32 Å². The SMILES string of the molecule is CC(C)(C)OC(=O)N1CC=C(CNCc2ccn[nH]2)CC1. The van der Waals surface area contributed by atoms with E-state index >= 15 is 0 Å². The highest BCUT2D eigenvalue weighted by atomic mass is 16.6. The van der Waals surface area contributed by atoms with Gasteiger partial charge in [-0.15, -0.1) is 0 Å². The molecule has 116 valence electrons. The molecule has 1 aromatic rings. The van der Waals surface area contributed by atoms with Gasteiger partial charge in [0.25, 0.3) is 0 Å². The van der Waals surface area contributed by atoms with Gasteiger partial charge in [-0.2, -0.15) is 5.10 Å². The number of nitrogens with one attached hydrogen (secondary N) is 2. The standard InChI is InChI=1S/C15H24N4O2/c1-15(2,3)21-14(20)19-8-5-12(6-9-19)10-16-11-13-4-7-17-18-13/h4-5,7,16H,6,8-11H2,1-3H3,(H,17,18). The maximum absolute atomic E-state index is 11.9. The second kappa shape index (κ2) is 6.76. The van der Waals surface area contributed by atoms with Gasteiger partial charge in [-0.3, -0.25) is 5.10 Å². The Balaban J connectivity index is 1.73. The number of ether oxygens (including phenoxy) is 1. The van der Waals surface area contributed by atoms with E-state index in [1.807, 2.05) is 26.8 Å². The highest BCUT2D eigenvalue weighted by molar-refractivity contribution is 5.68. The molecule has 0 atom stereocenters.